The Labute approximate surface area is 242 Å². The van der Waals surface area contributed by atoms with E-state index in [9.17, 15) is 26.7 Å². The molecule has 3 aromatic carbocycles. The molecule has 41 heavy (non-hydrogen) atoms. The average molecular weight is 600 g/mol. The van der Waals surface area contributed by atoms with Crippen molar-refractivity contribution in [1.29, 1.82) is 0 Å². The number of nitrogens with zero attached hydrogens (tertiary/aromatic N) is 2. The van der Waals surface area contributed by atoms with Gasteiger partial charge in [-0.3, -0.25) is 4.79 Å². The average Bonchev–Trinajstić information content (AvgIpc) is 2.96. The second-order valence-electron chi connectivity index (χ2n) is 10.3. The molecule has 0 aliphatic carbocycles. The Kier molecular flexibility index (Phi) is 9.98. The van der Waals surface area contributed by atoms with Crippen molar-refractivity contribution in [2.75, 3.05) is 26.2 Å². The van der Waals surface area contributed by atoms with E-state index in [4.69, 9.17) is 0 Å². The predicted molar refractivity (Wildman–Crippen MR) is 157 cm³/mol. The summed E-state index contributed by atoms with van der Waals surface area (Å²) in [6.45, 7) is 4.17. The quantitative estimate of drug-likeness (QED) is 0.464. The highest BCUT2D eigenvalue weighted by Crippen LogP contribution is 2.32. The monoisotopic (exact) mass is 599 g/mol. The van der Waals surface area contributed by atoms with Crippen LogP contribution in [0.2, 0.25) is 0 Å². The first-order valence-corrected chi connectivity index (χ1v) is 16.6. The van der Waals surface area contributed by atoms with Crippen molar-refractivity contribution in [2.24, 2.45) is 0 Å². The fourth-order valence-corrected chi connectivity index (χ4v) is 8.07. The van der Waals surface area contributed by atoms with Gasteiger partial charge in [0.1, 0.15) is 0 Å². The fraction of sp³-hybridized carbons (Fsp3) is 0.367. The molecule has 2 N–H and O–H groups in total. The highest BCUT2D eigenvalue weighted by molar-refractivity contribution is 7.89. The number of nitrogens with one attached hydrogen (secondary N) is 1. The largest absolute Gasteiger partial charge is 0.381 e. The molecule has 9 nitrogen and oxygen atoms in total. The van der Waals surface area contributed by atoms with Crippen molar-refractivity contribution < 1.29 is 26.7 Å². The van der Waals surface area contributed by atoms with Gasteiger partial charge in [0, 0.05) is 26.2 Å². The zero-order chi connectivity index (χ0) is 29.6. The standard InChI is InChI=1S/C30H37N3O6S2/c1-23-11-15-26(16-12-23)40(36,37)32-20-6-7-22-33(41(38,39)27-17-13-24(2)14-18-27)28(25-9-4-3-5-10-25)29(34)30(35)31-19-8-21-32/h3-5,9-18,28-29,34H,6-8,19-22H2,1-2H3,(H,31,35)/t28?,29-/m1/s1. The molecule has 1 aliphatic rings. The van der Waals surface area contributed by atoms with E-state index >= 15 is 0 Å². The molecule has 1 saturated heterocycles. The van der Waals surface area contributed by atoms with E-state index in [0.717, 1.165) is 11.1 Å². The number of hydrogen-bond acceptors (Lipinski definition) is 6. The van der Waals surface area contributed by atoms with Crippen LogP contribution in [0.15, 0.2) is 88.7 Å². The molecule has 2 atom stereocenters. The third-order valence-corrected chi connectivity index (χ3v) is 11.0. The number of benzene rings is 3. The third-order valence-electron chi connectivity index (χ3n) is 7.22. The Bertz CT molecular complexity index is 1530. The number of aliphatic hydroxyl groups excluding tert-OH is 1. The van der Waals surface area contributed by atoms with E-state index in [2.05, 4.69) is 5.32 Å². The van der Waals surface area contributed by atoms with Crippen molar-refractivity contribution in [1.82, 2.24) is 13.9 Å². The van der Waals surface area contributed by atoms with Crippen LogP contribution in [0.3, 0.4) is 0 Å². The number of carbonyl (C=O) groups excluding carboxylic acids is 1. The van der Waals surface area contributed by atoms with Gasteiger partial charge in [-0.1, -0.05) is 65.7 Å². The van der Waals surface area contributed by atoms with E-state index in [1.165, 1.54) is 20.7 Å². The topological polar surface area (TPSA) is 124 Å². The lowest BCUT2D eigenvalue weighted by Crippen LogP contribution is -2.47. The van der Waals surface area contributed by atoms with Crippen LogP contribution in [0, 0.1) is 13.8 Å². The van der Waals surface area contributed by atoms with E-state index in [-0.39, 0.29) is 36.0 Å². The van der Waals surface area contributed by atoms with Crippen LogP contribution in [0.4, 0.5) is 0 Å². The number of aliphatic hydroxyl groups is 1. The number of rotatable bonds is 5. The van der Waals surface area contributed by atoms with Crippen molar-refractivity contribution in [2.45, 2.75) is 55.0 Å². The third kappa shape index (κ3) is 7.22. The first-order chi connectivity index (χ1) is 19.5. The second-order valence-corrected chi connectivity index (χ2v) is 14.1. The number of amides is 1. The molecule has 11 heteroatoms. The Morgan fingerprint density at radius 2 is 1.22 bits per heavy atom. The summed E-state index contributed by atoms with van der Waals surface area (Å²) in [5, 5.41) is 14.0. The Balaban J connectivity index is 1.70. The minimum atomic E-state index is -4.16. The van der Waals surface area contributed by atoms with Crippen molar-refractivity contribution in [3.63, 3.8) is 0 Å². The Morgan fingerprint density at radius 1 is 0.707 bits per heavy atom. The van der Waals surface area contributed by atoms with Crippen LogP contribution in [-0.4, -0.2) is 68.7 Å². The number of carbonyl (C=O) groups is 1. The highest BCUT2D eigenvalue weighted by atomic mass is 32.2. The van der Waals surface area contributed by atoms with Crippen molar-refractivity contribution in [3.05, 3.63) is 95.6 Å². The summed E-state index contributed by atoms with van der Waals surface area (Å²) in [5.74, 6) is -0.727. The summed E-state index contributed by atoms with van der Waals surface area (Å²) in [6, 6.07) is 20.5. The maximum atomic E-state index is 14.0. The molecule has 4 rings (SSSR count). The zero-order valence-corrected chi connectivity index (χ0v) is 24.9. The van der Waals surface area contributed by atoms with E-state index < -0.39 is 38.1 Å². The maximum Gasteiger partial charge on any atom is 0.250 e. The van der Waals surface area contributed by atoms with Gasteiger partial charge in [0.2, 0.25) is 20.0 Å². The molecule has 0 spiro atoms. The molecular formula is C30H37N3O6S2. The van der Waals surface area contributed by atoms with Gasteiger partial charge < -0.3 is 10.4 Å². The molecule has 3 aromatic rings. The molecule has 220 valence electrons. The highest BCUT2D eigenvalue weighted by Gasteiger charge is 2.39. The fourth-order valence-electron chi connectivity index (χ4n) is 4.89. The number of hydrogen-bond donors (Lipinski definition) is 2. The van der Waals surface area contributed by atoms with Gasteiger partial charge in [0.05, 0.1) is 15.8 Å². The normalized spacial score (nSPS) is 20.8. The molecule has 0 radical (unpaired) electrons. The van der Waals surface area contributed by atoms with Gasteiger partial charge in [-0.15, -0.1) is 0 Å². The van der Waals surface area contributed by atoms with Gasteiger partial charge in [-0.2, -0.15) is 8.61 Å². The first-order valence-electron chi connectivity index (χ1n) is 13.7. The lowest BCUT2D eigenvalue weighted by Gasteiger charge is -2.34. The summed E-state index contributed by atoms with van der Waals surface area (Å²) in [4.78, 5) is 13.4. The molecule has 1 fully saturated rings. The lowest BCUT2D eigenvalue weighted by molar-refractivity contribution is -0.132. The number of aryl methyl sites for hydroxylation is 2. The van der Waals surface area contributed by atoms with Crippen LogP contribution >= 0.6 is 0 Å². The van der Waals surface area contributed by atoms with E-state index in [1.807, 2.05) is 13.8 Å². The maximum absolute atomic E-state index is 14.0. The van der Waals surface area contributed by atoms with Crippen LogP contribution in [0.5, 0.6) is 0 Å². The summed E-state index contributed by atoms with van der Waals surface area (Å²) in [5.41, 5.74) is 2.31. The molecule has 1 heterocycles. The van der Waals surface area contributed by atoms with Crippen molar-refractivity contribution in [3.8, 4) is 0 Å². The number of sulfonamides is 2. The Hall–Kier alpha value is -3.09. The van der Waals surface area contributed by atoms with Crippen LogP contribution in [0.25, 0.3) is 0 Å². The summed E-state index contributed by atoms with van der Waals surface area (Å²) in [6.07, 6.45) is -0.678. The molecule has 1 amide bonds. The molecule has 1 unspecified atom stereocenters. The first kappa shape index (κ1) is 30.9. The van der Waals surface area contributed by atoms with Crippen LogP contribution in [-0.2, 0) is 24.8 Å². The van der Waals surface area contributed by atoms with Crippen molar-refractivity contribution >= 4 is 26.0 Å². The van der Waals surface area contributed by atoms with Gasteiger partial charge in [-0.05, 0) is 62.9 Å². The molecule has 0 aromatic heterocycles. The van der Waals surface area contributed by atoms with E-state index in [1.54, 1.807) is 66.7 Å². The summed E-state index contributed by atoms with van der Waals surface area (Å²) in [7, 11) is -7.96. The van der Waals surface area contributed by atoms with Crippen LogP contribution < -0.4 is 5.32 Å². The molecule has 1 aliphatic heterocycles. The predicted octanol–water partition coefficient (Wildman–Crippen LogP) is 3.39. The lowest BCUT2D eigenvalue weighted by atomic mass is 10.0. The smallest absolute Gasteiger partial charge is 0.250 e. The van der Waals surface area contributed by atoms with Gasteiger partial charge in [0.25, 0.3) is 5.91 Å². The second kappa shape index (κ2) is 13.3. The molecular weight excluding hydrogens is 562 g/mol. The minimum absolute atomic E-state index is 0.0292. The van der Waals surface area contributed by atoms with E-state index in [0.29, 0.717) is 24.8 Å². The van der Waals surface area contributed by atoms with Gasteiger partial charge in [-0.25, -0.2) is 16.8 Å². The minimum Gasteiger partial charge on any atom is -0.381 e. The molecule has 0 bridgehead atoms. The summed E-state index contributed by atoms with van der Waals surface area (Å²) >= 11 is 0. The van der Waals surface area contributed by atoms with Crippen LogP contribution in [0.1, 0.15) is 42.0 Å². The zero-order valence-electron chi connectivity index (χ0n) is 23.3. The van der Waals surface area contributed by atoms with Gasteiger partial charge >= 0.3 is 0 Å². The van der Waals surface area contributed by atoms with Gasteiger partial charge in [0.15, 0.2) is 6.10 Å². The molecule has 0 saturated carbocycles. The Morgan fingerprint density at radius 3 is 1.80 bits per heavy atom. The summed E-state index contributed by atoms with van der Waals surface area (Å²) < 4.78 is 57.6. The SMILES string of the molecule is Cc1ccc(S(=O)(=O)N2CCCCN(S(=O)(=O)c3ccc(C)cc3)C(c3ccccc3)[C@@H](O)C(=O)NCCC2)cc1.